The summed E-state index contributed by atoms with van der Waals surface area (Å²) in [5, 5.41) is 7.12. The van der Waals surface area contributed by atoms with Crippen LogP contribution >= 0.6 is 0 Å². The summed E-state index contributed by atoms with van der Waals surface area (Å²) < 4.78 is 51.0. The Hall–Kier alpha value is -2.76. The Morgan fingerprint density at radius 1 is 1.12 bits per heavy atom. The van der Waals surface area contributed by atoms with Crippen molar-refractivity contribution in [3.8, 4) is 0 Å². The fraction of sp³-hybridized carbons (Fsp3) is 0.600. The van der Waals surface area contributed by atoms with Crippen molar-refractivity contribution in [2.45, 2.75) is 44.1 Å². The molecule has 3 aliphatic rings. The van der Waals surface area contributed by atoms with E-state index in [4.69, 9.17) is 14.6 Å². The lowest BCUT2D eigenvalue weighted by molar-refractivity contribution is -0.192. The van der Waals surface area contributed by atoms with Crippen LogP contribution in [-0.4, -0.2) is 82.2 Å². The van der Waals surface area contributed by atoms with E-state index in [1.165, 1.54) is 12.3 Å². The fourth-order valence-corrected chi connectivity index (χ4v) is 4.13. The molecule has 0 aliphatic carbocycles. The first-order chi connectivity index (χ1) is 15.1. The lowest BCUT2D eigenvalue weighted by Crippen LogP contribution is -2.45. The number of carboxylic acid groups (broad SMARTS) is 1. The monoisotopic (exact) mass is 461 g/mol. The third kappa shape index (κ3) is 5.72. The maximum Gasteiger partial charge on any atom is 0.490 e. The molecule has 0 spiro atoms. The largest absolute Gasteiger partial charge is 0.490 e. The molecular formula is C20H23F4N3O5. The SMILES string of the molecule is O=C(O)C(F)(F)F.O=C(c1ccnc(F)c1)N1CC[C@H]2C[C@H](C(=O)N3CCCC3)O[C@@H]2C1. The molecule has 4 rings (SSSR count). The van der Waals surface area contributed by atoms with E-state index >= 15 is 0 Å². The Bertz CT molecular complexity index is 860. The van der Waals surface area contributed by atoms with Gasteiger partial charge in [-0.25, -0.2) is 9.78 Å². The zero-order valence-electron chi connectivity index (χ0n) is 17.1. The highest BCUT2D eigenvalue weighted by molar-refractivity contribution is 5.94. The summed E-state index contributed by atoms with van der Waals surface area (Å²) in [4.78, 5) is 41.1. The van der Waals surface area contributed by atoms with Crippen molar-refractivity contribution < 1.29 is 41.8 Å². The maximum atomic E-state index is 13.2. The van der Waals surface area contributed by atoms with Gasteiger partial charge in [0.15, 0.2) is 0 Å². The topological polar surface area (TPSA) is 100 Å². The van der Waals surface area contributed by atoms with Gasteiger partial charge >= 0.3 is 12.1 Å². The van der Waals surface area contributed by atoms with Crippen molar-refractivity contribution in [1.29, 1.82) is 0 Å². The molecular weight excluding hydrogens is 438 g/mol. The first-order valence-corrected chi connectivity index (χ1v) is 10.2. The number of halogens is 4. The van der Waals surface area contributed by atoms with E-state index < -0.39 is 18.1 Å². The van der Waals surface area contributed by atoms with Crippen LogP contribution in [-0.2, 0) is 14.3 Å². The Morgan fingerprint density at radius 2 is 1.78 bits per heavy atom. The first-order valence-electron chi connectivity index (χ1n) is 10.2. The third-order valence-electron chi connectivity index (χ3n) is 5.75. The predicted octanol–water partition coefficient (Wildman–Crippen LogP) is 2.10. The number of likely N-dealkylation sites (tertiary alicyclic amines) is 2. The Morgan fingerprint density at radius 3 is 2.38 bits per heavy atom. The second-order valence-electron chi connectivity index (χ2n) is 7.90. The summed E-state index contributed by atoms with van der Waals surface area (Å²) in [5.41, 5.74) is 0.300. The van der Waals surface area contributed by atoms with Gasteiger partial charge in [0.2, 0.25) is 5.95 Å². The van der Waals surface area contributed by atoms with Crippen LogP contribution in [0.4, 0.5) is 17.6 Å². The first kappa shape index (κ1) is 23.9. The molecule has 1 N–H and O–H groups in total. The predicted molar refractivity (Wildman–Crippen MR) is 101 cm³/mol. The molecule has 1 aromatic rings. The zero-order chi connectivity index (χ0) is 23.5. The number of alkyl halides is 3. The molecule has 0 saturated carbocycles. The summed E-state index contributed by atoms with van der Waals surface area (Å²) >= 11 is 0. The summed E-state index contributed by atoms with van der Waals surface area (Å²) in [6.45, 7) is 2.72. The maximum absolute atomic E-state index is 13.2. The van der Waals surface area contributed by atoms with Gasteiger partial charge in [0, 0.05) is 44.0 Å². The molecule has 3 fully saturated rings. The number of aliphatic carboxylic acids is 1. The molecule has 0 aromatic carbocycles. The average molecular weight is 461 g/mol. The van der Waals surface area contributed by atoms with Crippen LogP contribution in [0.5, 0.6) is 0 Å². The molecule has 0 unspecified atom stereocenters. The molecule has 0 radical (unpaired) electrons. The normalized spacial score (nSPS) is 25.1. The molecule has 1 aromatic heterocycles. The molecule has 176 valence electrons. The quantitative estimate of drug-likeness (QED) is 0.535. The van der Waals surface area contributed by atoms with Crippen LogP contribution in [0.3, 0.4) is 0 Å². The highest BCUT2D eigenvalue weighted by Gasteiger charge is 2.44. The number of ether oxygens (including phenoxy) is 1. The Labute approximate surface area is 181 Å². The number of carbonyl (C=O) groups excluding carboxylic acids is 2. The van der Waals surface area contributed by atoms with Gasteiger partial charge in [-0.3, -0.25) is 9.59 Å². The molecule has 0 bridgehead atoms. The van der Waals surface area contributed by atoms with Gasteiger partial charge in [-0.2, -0.15) is 17.6 Å². The Kier molecular flexibility index (Phi) is 7.32. The lowest BCUT2D eigenvalue weighted by Gasteiger charge is -2.34. The van der Waals surface area contributed by atoms with Crippen LogP contribution in [0.2, 0.25) is 0 Å². The molecule has 4 heterocycles. The summed E-state index contributed by atoms with van der Waals surface area (Å²) in [6, 6.07) is 2.68. The van der Waals surface area contributed by atoms with Crippen LogP contribution in [0.1, 0.15) is 36.0 Å². The minimum Gasteiger partial charge on any atom is -0.475 e. The van der Waals surface area contributed by atoms with Crippen molar-refractivity contribution in [3.05, 3.63) is 29.8 Å². The van der Waals surface area contributed by atoms with Crippen LogP contribution in [0, 0.1) is 11.9 Å². The van der Waals surface area contributed by atoms with Gasteiger partial charge in [-0.15, -0.1) is 0 Å². The number of amides is 2. The summed E-state index contributed by atoms with van der Waals surface area (Å²) in [5.74, 6) is -3.21. The average Bonchev–Trinajstić information content (AvgIpc) is 3.42. The van der Waals surface area contributed by atoms with Gasteiger partial charge in [-0.05, 0) is 37.7 Å². The molecule has 2 amide bonds. The van der Waals surface area contributed by atoms with Gasteiger partial charge in [0.05, 0.1) is 6.10 Å². The molecule has 3 atom stereocenters. The number of piperidine rings is 1. The highest BCUT2D eigenvalue weighted by atomic mass is 19.4. The third-order valence-corrected chi connectivity index (χ3v) is 5.75. The second kappa shape index (κ2) is 9.80. The van der Waals surface area contributed by atoms with E-state index in [2.05, 4.69) is 4.98 Å². The van der Waals surface area contributed by atoms with Gasteiger partial charge in [0.25, 0.3) is 11.8 Å². The van der Waals surface area contributed by atoms with E-state index in [-0.39, 0.29) is 24.0 Å². The Balaban J connectivity index is 0.000000360. The lowest BCUT2D eigenvalue weighted by atomic mass is 9.91. The van der Waals surface area contributed by atoms with E-state index in [1.54, 1.807) is 4.90 Å². The number of pyridine rings is 1. The molecule has 8 nitrogen and oxygen atoms in total. The van der Waals surface area contributed by atoms with Crippen molar-refractivity contribution in [1.82, 2.24) is 14.8 Å². The molecule has 3 aliphatic heterocycles. The number of hydrogen-bond donors (Lipinski definition) is 1. The van der Waals surface area contributed by atoms with Crippen molar-refractivity contribution in [2.75, 3.05) is 26.2 Å². The van der Waals surface area contributed by atoms with Gasteiger partial charge in [0.1, 0.15) is 6.10 Å². The van der Waals surface area contributed by atoms with Gasteiger partial charge < -0.3 is 19.6 Å². The fourth-order valence-electron chi connectivity index (χ4n) is 4.13. The minimum absolute atomic E-state index is 0.0981. The molecule has 12 heteroatoms. The van der Waals surface area contributed by atoms with Crippen LogP contribution < -0.4 is 0 Å². The number of carboxylic acids is 1. The van der Waals surface area contributed by atoms with Crippen LogP contribution in [0.25, 0.3) is 0 Å². The van der Waals surface area contributed by atoms with Crippen molar-refractivity contribution in [2.24, 2.45) is 5.92 Å². The second-order valence-corrected chi connectivity index (χ2v) is 7.90. The van der Waals surface area contributed by atoms with E-state index in [0.29, 0.717) is 24.6 Å². The van der Waals surface area contributed by atoms with Gasteiger partial charge in [-0.1, -0.05) is 0 Å². The van der Waals surface area contributed by atoms with Crippen molar-refractivity contribution >= 4 is 17.8 Å². The van der Waals surface area contributed by atoms with Crippen LogP contribution in [0.15, 0.2) is 18.3 Å². The number of nitrogens with zero attached hydrogens (tertiary/aromatic N) is 3. The minimum atomic E-state index is -5.08. The molecule has 3 saturated heterocycles. The summed E-state index contributed by atoms with van der Waals surface area (Å²) in [6.07, 6.45) is -0.583. The smallest absolute Gasteiger partial charge is 0.475 e. The van der Waals surface area contributed by atoms with E-state index in [1.807, 2.05) is 4.90 Å². The number of rotatable bonds is 2. The zero-order valence-corrected chi connectivity index (χ0v) is 17.1. The highest BCUT2D eigenvalue weighted by Crippen LogP contribution is 2.34. The number of carbonyl (C=O) groups is 3. The number of fused-ring (bicyclic) bond motifs is 1. The summed E-state index contributed by atoms with van der Waals surface area (Å²) in [7, 11) is 0. The standard InChI is InChI=1S/C18H22FN3O3.C2HF3O2/c19-16-10-13(3-5-20-16)17(23)22-8-4-12-9-14(25-15(12)11-22)18(24)21-6-1-2-7-21;3-2(4,5)1(6)7/h3,5,10,12,14-15H,1-2,4,6-9,11H2;(H,6,7)/t12-,14+,15+;/m0./s1. The van der Waals surface area contributed by atoms with E-state index in [0.717, 1.165) is 44.8 Å². The van der Waals surface area contributed by atoms with E-state index in [9.17, 15) is 27.2 Å². The number of hydrogen-bond acceptors (Lipinski definition) is 5. The van der Waals surface area contributed by atoms with Crippen molar-refractivity contribution in [3.63, 3.8) is 0 Å². The number of aromatic nitrogens is 1. The molecule has 32 heavy (non-hydrogen) atoms.